The number of rotatable bonds is 4. The van der Waals surface area contributed by atoms with Gasteiger partial charge >= 0.3 is 5.69 Å². The summed E-state index contributed by atoms with van der Waals surface area (Å²) in [7, 11) is 1.71. The molecule has 2 aromatic carbocycles. The molecule has 2 heterocycles. The van der Waals surface area contributed by atoms with Crippen LogP contribution in [-0.2, 0) is 18.4 Å². The zero-order valence-corrected chi connectivity index (χ0v) is 15.0. The van der Waals surface area contributed by atoms with E-state index in [9.17, 15) is 9.59 Å². The fourth-order valence-corrected chi connectivity index (χ4v) is 3.85. The predicted molar refractivity (Wildman–Crippen MR) is 106 cm³/mol. The van der Waals surface area contributed by atoms with Crippen molar-refractivity contribution in [2.24, 2.45) is 7.05 Å². The zero-order chi connectivity index (χ0) is 18.1. The Morgan fingerprint density at radius 2 is 1.73 bits per heavy atom. The van der Waals surface area contributed by atoms with Crippen LogP contribution in [0.4, 0.5) is 5.69 Å². The molecule has 5 nitrogen and oxygen atoms in total. The number of anilines is 1. The van der Waals surface area contributed by atoms with Gasteiger partial charge in [0.2, 0.25) is 5.91 Å². The molecule has 0 aliphatic heterocycles. The number of hydrogen-bond acceptors (Lipinski definition) is 3. The van der Waals surface area contributed by atoms with Crippen molar-refractivity contribution in [2.75, 3.05) is 5.32 Å². The molecule has 0 aliphatic rings. The molecule has 4 aromatic rings. The van der Waals surface area contributed by atoms with Crippen LogP contribution in [0.2, 0.25) is 0 Å². The molecule has 0 bridgehead atoms. The van der Waals surface area contributed by atoms with Gasteiger partial charge in [-0.2, -0.15) is 0 Å². The highest BCUT2D eigenvalue weighted by atomic mass is 32.1. The number of carbonyl (C=O) groups is 1. The Bertz CT molecular complexity index is 1140. The van der Waals surface area contributed by atoms with E-state index >= 15 is 0 Å². The Hall–Kier alpha value is -3.12. The lowest BCUT2D eigenvalue weighted by molar-refractivity contribution is -0.116. The van der Waals surface area contributed by atoms with Gasteiger partial charge in [0.05, 0.1) is 11.0 Å². The van der Waals surface area contributed by atoms with Crippen molar-refractivity contribution in [2.45, 2.75) is 6.54 Å². The van der Waals surface area contributed by atoms with E-state index in [1.807, 2.05) is 66.0 Å². The first-order valence-corrected chi connectivity index (χ1v) is 9.10. The van der Waals surface area contributed by atoms with Crippen LogP contribution >= 0.6 is 11.3 Å². The van der Waals surface area contributed by atoms with Gasteiger partial charge in [-0.3, -0.25) is 13.9 Å². The number of amides is 1. The number of aromatic nitrogens is 2. The van der Waals surface area contributed by atoms with E-state index in [1.165, 1.54) is 4.57 Å². The Morgan fingerprint density at radius 1 is 1.00 bits per heavy atom. The monoisotopic (exact) mass is 363 g/mol. The third kappa shape index (κ3) is 2.84. The Labute approximate surface area is 154 Å². The molecule has 6 heteroatoms. The van der Waals surface area contributed by atoms with Gasteiger partial charge in [-0.05, 0) is 29.6 Å². The van der Waals surface area contributed by atoms with Gasteiger partial charge in [-0.1, -0.05) is 36.4 Å². The van der Waals surface area contributed by atoms with Crippen LogP contribution in [0.1, 0.15) is 0 Å². The second-order valence-corrected chi connectivity index (χ2v) is 6.94. The third-order valence-electron chi connectivity index (χ3n) is 4.34. The van der Waals surface area contributed by atoms with Crippen LogP contribution in [0.15, 0.2) is 70.8 Å². The Kier molecular flexibility index (Phi) is 4.18. The number of para-hydroxylation sites is 3. The van der Waals surface area contributed by atoms with Crippen LogP contribution in [0.25, 0.3) is 21.5 Å². The first-order valence-electron chi connectivity index (χ1n) is 8.22. The summed E-state index contributed by atoms with van der Waals surface area (Å²) in [5.74, 6) is -0.229. The van der Waals surface area contributed by atoms with Crippen LogP contribution in [0.3, 0.4) is 0 Å². The van der Waals surface area contributed by atoms with Gasteiger partial charge in [0.15, 0.2) is 0 Å². The quantitative estimate of drug-likeness (QED) is 0.601. The Balaban J connectivity index is 1.64. The highest BCUT2D eigenvalue weighted by Gasteiger charge is 2.14. The van der Waals surface area contributed by atoms with Crippen molar-refractivity contribution in [3.8, 4) is 10.4 Å². The first kappa shape index (κ1) is 16.4. The summed E-state index contributed by atoms with van der Waals surface area (Å²) >= 11 is 1.62. The topological polar surface area (TPSA) is 56.0 Å². The average Bonchev–Trinajstić information content (AvgIpc) is 3.26. The normalized spacial score (nSPS) is 11.0. The lowest BCUT2D eigenvalue weighted by Gasteiger charge is -2.10. The number of nitrogens with zero attached hydrogens (tertiary/aromatic N) is 2. The highest BCUT2D eigenvalue weighted by molar-refractivity contribution is 7.13. The first-order chi connectivity index (χ1) is 12.6. The summed E-state index contributed by atoms with van der Waals surface area (Å²) in [5.41, 5.74) is 3.08. The van der Waals surface area contributed by atoms with Crippen molar-refractivity contribution in [3.05, 3.63) is 76.5 Å². The van der Waals surface area contributed by atoms with Gasteiger partial charge < -0.3 is 5.32 Å². The highest BCUT2D eigenvalue weighted by Crippen LogP contribution is 2.31. The van der Waals surface area contributed by atoms with Crippen LogP contribution in [-0.4, -0.2) is 15.0 Å². The van der Waals surface area contributed by atoms with Crippen LogP contribution in [0.5, 0.6) is 0 Å². The fraction of sp³-hybridized carbons (Fsp3) is 0.100. The minimum absolute atomic E-state index is 0.0288. The van der Waals surface area contributed by atoms with E-state index < -0.39 is 0 Å². The molecule has 0 saturated heterocycles. The maximum Gasteiger partial charge on any atom is 0.329 e. The number of nitrogens with one attached hydrogen (secondary N) is 1. The molecule has 2 aromatic heterocycles. The van der Waals surface area contributed by atoms with E-state index in [-0.39, 0.29) is 18.1 Å². The number of imidazole rings is 1. The minimum Gasteiger partial charge on any atom is -0.324 e. The number of aryl methyl sites for hydroxylation is 1. The second kappa shape index (κ2) is 6.65. The van der Waals surface area contributed by atoms with Gasteiger partial charge in [-0.25, -0.2) is 4.79 Å². The van der Waals surface area contributed by atoms with E-state index in [4.69, 9.17) is 0 Å². The lowest BCUT2D eigenvalue weighted by Crippen LogP contribution is -2.28. The molecule has 1 N–H and O–H groups in total. The molecule has 0 radical (unpaired) electrons. The molecule has 0 aliphatic carbocycles. The molecule has 4 rings (SSSR count). The fourth-order valence-electron chi connectivity index (χ4n) is 3.09. The maximum atomic E-state index is 12.6. The van der Waals surface area contributed by atoms with Gasteiger partial charge in [0.1, 0.15) is 6.54 Å². The van der Waals surface area contributed by atoms with E-state index in [0.717, 1.165) is 27.2 Å². The molecule has 0 saturated carbocycles. The van der Waals surface area contributed by atoms with Crippen molar-refractivity contribution in [1.82, 2.24) is 9.13 Å². The lowest BCUT2D eigenvalue weighted by atomic mass is 10.1. The van der Waals surface area contributed by atoms with Gasteiger partial charge in [0.25, 0.3) is 0 Å². The molecule has 130 valence electrons. The summed E-state index contributed by atoms with van der Waals surface area (Å²) < 4.78 is 3.06. The summed E-state index contributed by atoms with van der Waals surface area (Å²) in [6.07, 6.45) is 0. The summed E-state index contributed by atoms with van der Waals surface area (Å²) in [6.45, 7) is -0.0288. The van der Waals surface area contributed by atoms with E-state index in [2.05, 4.69) is 5.32 Å². The number of carbonyl (C=O) groups excluding carboxylic acids is 1. The van der Waals surface area contributed by atoms with Crippen LogP contribution < -0.4 is 11.0 Å². The summed E-state index contributed by atoms with van der Waals surface area (Å²) in [5, 5.41) is 4.95. The van der Waals surface area contributed by atoms with Gasteiger partial charge in [-0.15, -0.1) is 11.3 Å². The average molecular weight is 363 g/mol. The summed E-state index contributed by atoms with van der Waals surface area (Å²) in [4.78, 5) is 26.2. The number of benzene rings is 2. The Morgan fingerprint density at radius 3 is 2.50 bits per heavy atom. The number of hydrogen-bond donors (Lipinski definition) is 1. The zero-order valence-electron chi connectivity index (χ0n) is 14.2. The number of fused-ring (bicyclic) bond motifs is 1. The molecule has 0 atom stereocenters. The van der Waals surface area contributed by atoms with Crippen molar-refractivity contribution < 1.29 is 4.79 Å². The van der Waals surface area contributed by atoms with Crippen LogP contribution in [0, 0.1) is 0 Å². The molecule has 0 fully saturated rings. The third-order valence-corrected chi connectivity index (χ3v) is 5.24. The smallest absolute Gasteiger partial charge is 0.324 e. The second-order valence-electron chi connectivity index (χ2n) is 5.99. The van der Waals surface area contributed by atoms with Gasteiger partial charge in [0, 0.05) is 23.2 Å². The van der Waals surface area contributed by atoms with Crippen molar-refractivity contribution >= 4 is 34.0 Å². The van der Waals surface area contributed by atoms with Crippen molar-refractivity contribution in [3.63, 3.8) is 0 Å². The summed E-state index contributed by atoms with van der Waals surface area (Å²) in [6, 6.07) is 19.1. The molecule has 0 spiro atoms. The van der Waals surface area contributed by atoms with E-state index in [1.54, 1.807) is 23.0 Å². The SMILES string of the molecule is Cn1c(=O)n(CC(=O)Nc2ccccc2-c2cccs2)c2ccccc21. The number of thiophene rings is 1. The largest absolute Gasteiger partial charge is 0.329 e. The van der Waals surface area contributed by atoms with Crippen molar-refractivity contribution in [1.29, 1.82) is 0 Å². The predicted octanol–water partition coefficient (Wildman–Crippen LogP) is 3.71. The molecule has 0 unspecified atom stereocenters. The van der Waals surface area contributed by atoms with E-state index in [0.29, 0.717) is 0 Å². The minimum atomic E-state index is -0.229. The molecule has 26 heavy (non-hydrogen) atoms. The standard InChI is InChI=1S/C20H17N3O2S/c1-22-16-9-4-5-10-17(16)23(20(22)25)13-19(24)21-15-8-3-2-7-14(15)18-11-6-12-26-18/h2-12H,13H2,1H3,(H,21,24). The maximum absolute atomic E-state index is 12.6. The molecular formula is C20H17N3O2S. The molecular weight excluding hydrogens is 346 g/mol. The molecule has 1 amide bonds.